The van der Waals surface area contributed by atoms with Gasteiger partial charge in [-0.3, -0.25) is 0 Å². The Bertz CT molecular complexity index is 353. The molecule has 3 nitrogen and oxygen atoms in total. The van der Waals surface area contributed by atoms with Gasteiger partial charge in [0.2, 0.25) is 0 Å². The highest BCUT2D eigenvalue weighted by Gasteiger charge is 2.38. The van der Waals surface area contributed by atoms with E-state index < -0.39 is 5.60 Å². The first-order valence-electron chi connectivity index (χ1n) is 5.53. The van der Waals surface area contributed by atoms with Crippen molar-refractivity contribution in [2.75, 3.05) is 5.73 Å². The molecular weight excluding hydrogens is 188 g/mol. The first-order valence-corrected chi connectivity index (χ1v) is 5.53. The van der Waals surface area contributed by atoms with E-state index in [0.717, 1.165) is 24.8 Å². The molecule has 2 unspecified atom stereocenters. The quantitative estimate of drug-likeness (QED) is 0.775. The predicted octanol–water partition coefficient (Wildman–Crippen LogP) is 1.76. The summed E-state index contributed by atoms with van der Waals surface area (Å²) < 4.78 is 0. The maximum atomic E-state index is 10.5. The van der Waals surface area contributed by atoms with Gasteiger partial charge in [0.15, 0.2) is 0 Å². The van der Waals surface area contributed by atoms with E-state index >= 15 is 0 Å². The molecule has 0 spiro atoms. The van der Waals surface area contributed by atoms with Crippen molar-refractivity contribution in [3.05, 3.63) is 23.9 Å². The van der Waals surface area contributed by atoms with Crippen molar-refractivity contribution in [2.45, 2.75) is 38.2 Å². The second-order valence-corrected chi connectivity index (χ2v) is 4.62. The normalized spacial score (nSPS) is 30.7. The van der Waals surface area contributed by atoms with Crippen molar-refractivity contribution in [2.24, 2.45) is 5.92 Å². The molecule has 15 heavy (non-hydrogen) atoms. The lowest BCUT2D eigenvalue weighted by Gasteiger charge is -2.28. The molecule has 0 saturated heterocycles. The Morgan fingerprint density at radius 1 is 1.67 bits per heavy atom. The van der Waals surface area contributed by atoms with E-state index in [4.69, 9.17) is 5.73 Å². The summed E-state index contributed by atoms with van der Waals surface area (Å²) in [6.07, 6.45) is 5.41. The zero-order valence-corrected chi connectivity index (χ0v) is 9.11. The smallest absolute Gasteiger partial charge is 0.126 e. The first-order chi connectivity index (χ1) is 7.12. The largest absolute Gasteiger partial charge is 0.389 e. The average molecular weight is 206 g/mol. The molecule has 3 heteroatoms. The number of nitrogen functional groups attached to an aromatic ring is 1. The molecule has 1 saturated carbocycles. The van der Waals surface area contributed by atoms with Gasteiger partial charge in [0.1, 0.15) is 5.82 Å². The zero-order chi connectivity index (χ0) is 10.9. The Morgan fingerprint density at radius 2 is 2.47 bits per heavy atom. The standard InChI is InChI=1S/C12H18N2O/c1-9-4-2-6-12(9,15)8-10-5-3-7-14-11(10)13/h3,5,7,9,15H,2,4,6,8H2,1H3,(H2,13,14). The Morgan fingerprint density at radius 3 is 3.07 bits per heavy atom. The number of hydrogen-bond acceptors (Lipinski definition) is 3. The molecule has 1 aromatic heterocycles. The van der Waals surface area contributed by atoms with Gasteiger partial charge >= 0.3 is 0 Å². The third kappa shape index (κ3) is 1.97. The summed E-state index contributed by atoms with van der Waals surface area (Å²) in [4.78, 5) is 4.04. The van der Waals surface area contributed by atoms with E-state index in [9.17, 15) is 5.11 Å². The number of rotatable bonds is 2. The van der Waals surface area contributed by atoms with Crippen molar-refractivity contribution < 1.29 is 5.11 Å². The third-order valence-electron chi connectivity index (χ3n) is 3.59. The second-order valence-electron chi connectivity index (χ2n) is 4.62. The van der Waals surface area contributed by atoms with Crippen LogP contribution in [0, 0.1) is 5.92 Å². The number of nitrogens with zero attached hydrogens (tertiary/aromatic N) is 1. The van der Waals surface area contributed by atoms with E-state index in [1.165, 1.54) is 0 Å². The molecule has 1 fully saturated rings. The fourth-order valence-corrected chi connectivity index (χ4v) is 2.42. The maximum absolute atomic E-state index is 10.5. The van der Waals surface area contributed by atoms with Gasteiger partial charge in [0.25, 0.3) is 0 Å². The van der Waals surface area contributed by atoms with E-state index in [1.807, 2.05) is 12.1 Å². The third-order valence-corrected chi connectivity index (χ3v) is 3.59. The van der Waals surface area contributed by atoms with Gasteiger partial charge in [0, 0.05) is 12.6 Å². The molecule has 0 aromatic carbocycles. The summed E-state index contributed by atoms with van der Waals surface area (Å²) in [5, 5.41) is 10.5. The van der Waals surface area contributed by atoms with E-state index in [1.54, 1.807) is 6.20 Å². The van der Waals surface area contributed by atoms with Crippen LogP contribution in [0.1, 0.15) is 31.7 Å². The monoisotopic (exact) mass is 206 g/mol. The van der Waals surface area contributed by atoms with E-state index in [0.29, 0.717) is 18.2 Å². The van der Waals surface area contributed by atoms with E-state index in [2.05, 4.69) is 11.9 Å². The Kier molecular flexibility index (Phi) is 2.65. The molecule has 0 amide bonds. The van der Waals surface area contributed by atoms with Crippen LogP contribution >= 0.6 is 0 Å². The minimum atomic E-state index is -0.572. The lowest BCUT2D eigenvalue weighted by molar-refractivity contribution is 0.00968. The van der Waals surface area contributed by atoms with Crippen LogP contribution in [-0.4, -0.2) is 15.7 Å². The Hall–Kier alpha value is -1.09. The van der Waals surface area contributed by atoms with Crippen LogP contribution in [0.25, 0.3) is 0 Å². The van der Waals surface area contributed by atoms with Crippen molar-refractivity contribution in [3.8, 4) is 0 Å². The Balaban J connectivity index is 2.18. The topological polar surface area (TPSA) is 59.1 Å². The van der Waals surface area contributed by atoms with Crippen molar-refractivity contribution in [1.29, 1.82) is 0 Å². The minimum Gasteiger partial charge on any atom is -0.389 e. The fraction of sp³-hybridized carbons (Fsp3) is 0.583. The summed E-state index contributed by atoms with van der Waals surface area (Å²) in [6, 6.07) is 3.82. The summed E-state index contributed by atoms with van der Waals surface area (Å²) in [5.41, 5.74) is 6.17. The maximum Gasteiger partial charge on any atom is 0.126 e. The molecule has 0 bridgehead atoms. The number of anilines is 1. The minimum absolute atomic E-state index is 0.358. The number of nitrogens with two attached hydrogens (primary N) is 1. The molecule has 2 atom stereocenters. The van der Waals surface area contributed by atoms with Gasteiger partial charge in [-0.15, -0.1) is 0 Å². The van der Waals surface area contributed by atoms with Crippen LogP contribution in [0.3, 0.4) is 0 Å². The van der Waals surface area contributed by atoms with Crippen LogP contribution < -0.4 is 5.73 Å². The van der Waals surface area contributed by atoms with Gasteiger partial charge in [-0.1, -0.05) is 19.4 Å². The summed E-state index contributed by atoms with van der Waals surface area (Å²) in [5.74, 6) is 0.905. The lowest BCUT2D eigenvalue weighted by Crippen LogP contribution is -2.34. The highest BCUT2D eigenvalue weighted by molar-refractivity contribution is 5.39. The van der Waals surface area contributed by atoms with Gasteiger partial charge < -0.3 is 10.8 Å². The molecule has 82 valence electrons. The number of hydrogen-bond donors (Lipinski definition) is 2. The number of pyridine rings is 1. The molecule has 0 radical (unpaired) electrons. The van der Waals surface area contributed by atoms with Gasteiger partial charge in [-0.25, -0.2) is 4.98 Å². The SMILES string of the molecule is CC1CCCC1(O)Cc1cccnc1N. The van der Waals surface area contributed by atoms with Crippen LogP contribution in [0.4, 0.5) is 5.82 Å². The molecule has 1 aliphatic carbocycles. The Labute approximate surface area is 90.3 Å². The predicted molar refractivity (Wildman–Crippen MR) is 60.3 cm³/mol. The van der Waals surface area contributed by atoms with Crippen LogP contribution in [0.2, 0.25) is 0 Å². The van der Waals surface area contributed by atoms with Crippen molar-refractivity contribution >= 4 is 5.82 Å². The molecule has 3 N–H and O–H groups in total. The van der Waals surface area contributed by atoms with Crippen LogP contribution in [-0.2, 0) is 6.42 Å². The molecule has 0 aliphatic heterocycles. The number of aromatic nitrogens is 1. The summed E-state index contributed by atoms with van der Waals surface area (Å²) in [6.45, 7) is 2.11. The molecule has 1 aromatic rings. The molecule has 1 aliphatic rings. The molecular formula is C12H18N2O. The van der Waals surface area contributed by atoms with Gasteiger partial charge in [-0.05, 0) is 30.4 Å². The van der Waals surface area contributed by atoms with Crippen molar-refractivity contribution in [3.63, 3.8) is 0 Å². The van der Waals surface area contributed by atoms with Gasteiger partial charge in [0.05, 0.1) is 5.60 Å². The van der Waals surface area contributed by atoms with Crippen molar-refractivity contribution in [1.82, 2.24) is 4.98 Å². The highest BCUT2D eigenvalue weighted by Crippen LogP contribution is 2.38. The number of aliphatic hydroxyl groups is 1. The second kappa shape index (κ2) is 3.81. The zero-order valence-electron chi connectivity index (χ0n) is 9.11. The van der Waals surface area contributed by atoms with Crippen LogP contribution in [0.15, 0.2) is 18.3 Å². The highest BCUT2D eigenvalue weighted by atomic mass is 16.3. The summed E-state index contributed by atoms with van der Waals surface area (Å²) in [7, 11) is 0. The average Bonchev–Trinajstić information content (AvgIpc) is 2.51. The first kappa shape index (κ1) is 10.4. The van der Waals surface area contributed by atoms with Gasteiger partial charge in [-0.2, -0.15) is 0 Å². The van der Waals surface area contributed by atoms with E-state index in [-0.39, 0.29) is 0 Å². The molecule has 2 rings (SSSR count). The summed E-state index contributed by atoms with van der Waals surface area (Å²) >= 11 is 0. The fourth-order valence-electron chi connectivity index (χ4n) is 2.42. The molecule has 1 heterocycles. The van der Waals surface area contributed by atoms with Crippen LogP contribution in [0.5, 0.6) is 0 Å². The lowest BCUT2D eigenvalue weighted by atomic mass is 9.86.